The molecule has 2 rings (SSSR count). The van der Waals surface area contributed by atoms with Gasteiger partial charge in [0.15, 0.2) is 0 Å². The zero-order valence-electron chi connectivity index (χ0n) is 10.3. The van der Waals surface area contributed by atoms with Crippen molar-refractivity contribution in [3.05, 3.63) is 42.5 Å². The standard InChI is InChI=1S/C13H18N4/c1-3-8-14-11(2)12-6-4-5-7-13(12)17-9-15-16-10-17/h4-7,9-11,14H,3,8H2,1-2H3. The molecule has 0 aliphatic carbocycles. The van der Waals surface area contributed by atoms with Crippen LogP contribution in [0.2, 0.25) is 0 Å². The van der Waals surface area contributed by atoms with Gasteiger partial charge >= 0.3 is 0 Å². The number of nitrogens with one attached hydrogen (secondary N) is 1. The first-order chi connectivity index (χ1) is 8.33. The Morgan fingerprint density at radius 1 is 1.24 bits per heavy atom. The van der Waals surface area contributed by atoms with Crippen molar-refractivity contribution < 1.29 is 0 Å². The predicted molar refractivity (Wildman–Crippen MR) is 68.1 cm³/mol. The number of rotatable bonds is 5. The Morgan fingerprint density at radius 2 is 1.94 bits per heavy atom. The Morgan fingerprint density at radius 3 is 2.65 bits per heavy atom. The quantitative estimate of drug-likeness (QED) is 0.857. The summed E-state index contributed by atoms with van der Waals surface area (Å²) in [4.78, 5) is 0. The Bertz CT molecular complexity index is 450. The highest BCUT2D eigenvalue weighted by Crippen LogP contribution is 2.20. The van der Waals surface area contributed by atoms with E-state index < -0.39 is 0 Å². The fraction of sp³-hybridized carbons (Fsp3) is 0.385. The number of para-hydroxylation sites is 1. The summed E-state index contributed by atoms with van der Waals surface area (Å²) in [5.41, 5.74) is 2.40. The van der Waals surface area contributed by atoms with Crippen LogP contribution >= 0.6 is 0 Å². The van der Waals surface area contributed by atoms with Crippen LogP contribution < -0.4 is 5.32 Å². The number of hydrogen-bond donors (Lipinski definition) is 1. The lowest BCUT2D eigenvalue weighted by molar-refractivity contribution is 0.568. The molecular formula is C13H18N4. The maximum atomic E-state index is 3.85. The lowest BCUT2D eigenvalue weighted by atomic mass is 10.1. The van der Waals surface area contributed by atoms with Gasteiger partial charge < -0.3 is 5.32 Å². The topological polar surface area (TPSA) is 42.7 Å². The van der Waals surface area contributed by atoms with Gasteiger partial charge in [0, 0.05) is 6.04 Å². The number of benzene rings is 1. The minimum atomic E-state index is 0.327. The zero-order valence-corrected chi connectivity index (χ0v) is 10.3. The summed E-state index contributed by atoms with van der Waals surface area (Å²) in [6.07, 6.45) is 4.59. The van der Waals surface area contributed by atoms with Crippen LogP contribution in [-0.4, -0.2) is 21.3 Å². The third kappa shape index (κ3) is 2.71. The summed E-state index contributed by atoms with van der Waals surface area (Å²) in [5.74, 6) is 0. The van der Waals surface area contributed by atoms with Crippen molar-refractivity contribution in [2.24, 2.45) is 0 Å². The third-order valence-electron chi connectivity index (χ3n) is 2.80. The van der Waals surface area contributed by atoms with Gasteiger partial charge in [0.05, 0.1) is 5.69 Å². The van der Waals surface area contributed by atoms with E-state index in [1.54, 1.807) is 12.7 Å². The van der Waals surface area contributed by atoms with Crippen molar-refractivity contribution in [1.29, 1.82) is 0 Å². The summed E-state index contributed by atoms with van der Waals surface area (Å²) < 4.78 is 1.94. The largest absolute Gasteiger partial charge is 0.310 e. The van der Waals surface area contributed by atoms with Gasteiger partial charge in [0.2, 0.25) is 0 Å². The Balaban J connectivity index is 2.28. The molecule has 1 N–H and O–H groups in total. The molecule has 0 spiro atoms. The monoisotopic (exact) mass is 230 g/mol. The van der Waals surface area contributed by atoms with Crippen LogP contribution in [0.25, 0.3) is 5.69 Å². The van der Waals surface area contributed by atoms with Gasteiger partial charge in [-0.15, -0.1) is 10.2 Å². The first-order valence-corrected chi connectivity index (χ1v) is 6.00. The fourth-order valence-electron chi connectivity index (χ4n) is 1.88. The third-order valence-corrected chi connectivity index (χ3v) is 2.80. The molecule has 1 aromatic heterocycles. The molecule has 0 amide bonds. The molecule has 0 fully saturated rings. The zero-order chi connectivity index (χ0) is 12.1. The van der Waals surface area contributed by atoms with Crippen molar-refractivity contribution in [1.82, 2.24) is 20.1 Å². The summed E-state index contributed by atoms with van der Waals surface area (Å²) in [7, 11) is 0. The summed E-state index contributed by atoms with van der Waals surface area (Å²) in [5, 5.41) is 11.2. The molecule has 1 unspecified atom stereocenters. The second-order valence-electron chi connectivity index (χ2n) is 4.10. The maximum absolute atomic E-state index is 3.85. The molecule has 17 heavy (non-hydrogen) atoms. The van der Waals surface area contributed by atoms with Crippen molar-refractivity contribution in [3.8, 4) is 5.69 Å². The lowest BCUT2D eigenvalue weighted by Crippen LogP contribution is -2.20. The van der Waals surface area contributed by atoms with E-state index in [1.807, 2.05) is 10.6 Å². The molecule has 2 aromatic rings. The molecule has 0 saturated heterocycles. The highest BCUT2D eigenvalue weighted by Gasteiger charge is 2.10. The summed E-state index contributed by atoms with van der Waals surface area (Å²) in [6, 6.07) is 8.65. The van der Waals surface area contributed by atoms with Crippen molar-refractivity contribution in [3.63, 3.8) is 0 Å². The molecule has 0 saturated carbocycles. The minimum absolute atomic E-state index is 0.327. The van der Waals surface area contributed by atoms with E-state index >= 15 is 0 Å². The Hall–Kier alpha value is -1.68. The summed E-state index contributed by atoms with van der Waals surface area (Å²) >= 11 is 0. The fourth-order valence-corrected chi connectivity index (χ4v) is 1.88. The molecule has 0 aliphatic rings. The van der Waals surface area contributed by atoms with Gasteiger partial charge in [0.1, 0.15) is 12.7 Å². The van der Waals surface area contributed by atoms with E-state index in [4.69, 9.17) is 0 Å². The average molecular weight is 230 g/mol. The second kappa shape index (κ2) is 5.59. The van der Waals surface area contributed by atoms with Crippen molar-refractivity contribution >= 4 is 0 Å². The van der Waals surface area contributed by atoms with Gasteiger partial charge in [-0.3, -0.25) is 4.57 Å². The molecular weight excluding hydrogens is 212 g/mol. The molecule has 4 nitrogen and oxygen atoms in total. The molecule has 1 heterocycles. The Labute approximate surface area is 102 Å². The molecule has 1 aromatic carbocycles. The van der Waals surface area contributed by atoms with Crippen LogP contribution in [0, 0.1) is 0 Å². The van der Waals surface area contributed by atoms with E-state index in [2.05, 4.69) is 47.6 Å². The Kier molecular flexibility index (Phi) is 3.88. The number of aromatic nitrogens is 3. The van der Waals surface area contributed by atoms with Crippen LogP contribution in [0.5, 0.6) is 0 Å². The molecule has 0 bridgehead atoms. The SMILES string of the molecule is CCCNC(C)c1ccccc1-n1cnnc1. The van der Waals surface area contributed by atoms with Crippen LogP contribution in [0.3, 0.4) is 0 Å². The van der Waals surface area contributed by atoms with E-state index in [9.17, 15) is 0 Å². The van der Waals surface area contributed by atoms with Gasteiger partial charge in [-0.05, 0) is 31.5 Å². The van der Waals surface area contributed by atoms with Crippen molar-refractivity contribution in [2.45, 2.75) is 26.3 Å². The van der Waals surface area contributed by atoms with Gasteiger partial charge in [-0.25, -0.2) is 0 Å². The smallest absolute Gasteiger partial charge is 0.123 e. The van der Waals surface area contributed by atoms with E-state index in [-0.39, 0.29) is 0 Å². The van der Waals surface area contributed by atoms with Crippen LogP contribution in [0.15, 0.2) is 36.9 Å². The second-order valence-corrected chi connectivity index (χ2v) is 4.10. The van der Waals surface area contributed by atoms with E-state index in [0.717, 1.165) is 18.7 Å². The first kappa shape index (κ1) is 11.8. The number of hydrogen-bond acceptors (Lipinski definition) is 3. The highest BCUT2D eigenvalue weighted by molar-refractivity contribution is 5.42. The van der Waals surface area contributed by atoms with Gasteiger partial charge in [-0.2, -0.15) is 0 Å². The van der Waals surface area contributed by atoms with Crippen LogP contribution in [0.4, 0.5) is 0 Å². The van der Waals surface area contributed by atoms with Gasteiger partial charge in [-0.1, -0.05) is 25.1 Å². The van der Waals surface area contributed by atoms with Crippen LogP contribution in [0.1, 0.15) is 31.9 Å². The molecule has 0 aliphatic heterocycles. The first-order valence-electron chi connectivity index (χ1n) is 6.00. The van der Waals surface area contributed by atoms with E-state index in [0.29, 0.717) is 6.04 Å². The molecule has 90 valence electrons. The highest BCUT2D eigenvalue weighted by atomic mass is 15.2. The molecule has 1 atom stereocenters. The molecule has 4 heteroatoms. The minimum Gasteiger partial charge on any atom is -0.310 e. The van der Waals surface area contributed by atoms with Crippen LogP contribution in [-0.2, 0) is 0 Å². The maximum Gasteiger partial charge on any atom is 0.123 e. The lowest BCUT2D eigenvalue weighted by Gasteiger charge is -2.17. The number of nitrogens with zero attached hydrogens (tertiary/aromatic N) is 3. The van der Waals surface area contributed by atoms with E-state index in [1.165, 1.54) is 5.56 Å². The van der Waals surface area contributed by atoms with Gasteiger partial charge in [0.25, 0.3) is 0 Å². The summed E-state index contributed by atoms with van der Waals surface area (Å²) in [6.45, 7) is 5.38. The predicted octanol–water partition coefficient (Wildman–Crippen LogP) is 2.33. The van der Waals surface area contributed by atoms with Crippen molar-refractivity contribution in [2.75, 3.05) is 6.54 Å². The molecule has 0 radical (unpaired) electrons. The normalized spacial score (nSPS) is 12.6. The average Bonchev–Trinajstić information content (AvgIpc) is 2.89.